The van der Waals surface area contributed by atoms with E-state index in [0.717, 1.165) is 25.7 Å². The zero-order valence-corrected chi connectivity index (χ0v) is 9.41. The van der Waals surface area contributed by atoms with Gasteiger partial charge in [0.05, 0.1) is 5.92 Å². The second kappa shape index (κ2) is 8.31. The number of carboxylic acid groups (broad SMARTS) is 1. The zero-order valence-electron chi connectivity index (χ0n) is 7.21. The molecule has 0 fully saturated rings. The maximum absolute atomic E-state index is 10.4. The first-order valence-electron chi connectivity index (χ1n) is 3.95. The first-order valence-corrected chi connectivity index (χ1v) is 3.95. The molecule has 0 aliphatic heterocycles. The van der Waals surface area contributed by atoms with Crippen LogP contribution in [0.3, 0.4) is 0 Å². The SMILES string of the molecule is CCCCC(CC)C(=O)O.[Nb]. The first kappa shape index (κ1) is 13.8. The molecule has 0 aromatic rings. The molecule has 11 heavy (non-hydrogen) atoms. The van der Waals surface area contributed by atoms with Crippen molar-refractivity contribution in [2.45, 2.75) is 39.5 Å². The largest absolute Gasteiger partial charge is 0.481 e. The molecule has 1 radical (unpaired) electrons. The van der Waals surface area contributed by atoms with E-state index in [4.69, 9.17) is 5.11 Å². The minimum atomic E-state index is -0.643. The van der Waals surface area contributed by atoms with Crippen molar-refractivity contribution < 1.29 is 32.3 Å². The van der Waals surface area contributed by atoms with Gasteiger partial charge >= 0.3 is 5.97 Å². The van der Waals surface area contributed by atoms with Crippen LogP contribution in [0.25, 0.3) is 0 Å². The summed E-state index contributed by atoms with van der Waals surface area (Å²) in [5, 5.41) is 8.60. The molecule has 0 heterocycles. The average molecular weight is 237 g/mol. The molecule has 0 aromatic heterocycles. The molecule has 1 atom stereocenters. The molecule has 0 aromatic carbocycles. The fourth-order valence-corrected chi connectivity index (χ4v) is 0.953. The molecule has 0 saturated carbocycles. The van der Waals surface area contributed by atoms with E-state index < -0.39 is 5.97 Å². The van der Waals surface area contributed by atoms with Gasteiger partial charge in [0.15, 0.2) is 0 Å². The third kappa shape index (κ3) is 6.60. The zero-order chi connectivity index (χ0) is 7.98. The summed E-state index contributed by atoms with van der Waals surface area (Å²) in [7, 11) is 0. The Morgan fingerprint density at radius 1 is 1.45 bits per heavy atom. The predicted molar refractivity (Wildman–Crippen MR) is 40.9 cm³/mol. The molecule has 3 heteroatoms. The van der Waals surface area contributed by atoms with Crippen molar-refractivity contribution in [3.63, 3.8) is 0 Å². The number of carboxylic acids is 1. The molecule has 1 N–H and O–H groups in total. The molecular formula is C8H16NbO2. The van der Waals surface area contributed by atoms with E-state index in [1.54, 1.807) is 0 Å². The maximum atomic E-state index is 10.4. The maximum Gasteiger partial charge on any atom is 0.306 e. The van der Waals surface area contributed by atoms with Crippen LogP contribution in [-0.2, 0) is 27.2 Å². The predicted octanol–water partition coefficient (Wildman–Crippen LogP) is 2.28. The number of hydrogen-bond donors (Lipinski definition) is 1. The van der Waals surface area contributed by atoms with Crippen LogP contribution in [0.15, 0.2) is 0 Å². The second-order valence-corrected chi connectivity index (χ2v) is 2.59. The summed E-state index contributed by atoms with van der Waals surface area (Å²) in [6, 6.07) is 0. The summed E-state index contributed by atoms with van der Waals surface area (Å²) >= 11 is 0. The van der Waals surface area contributed by atoms with Gasteiger partial charge in [0.25, 0.3) is 0 Å². The van der Waals surface area contributed by atoms with E-state index in [1.165, 1.54) is 0 Å². The van der Waals surface area contributed by atoms with E-state index in [0.29, 0.717) is 0 Å². The smallest absolute Gasteiger partial charge is 0.306 e. The Hall–Kier alpha value is 0.210. The minimum absolute atomic E-state index is 0. The van der Waals surface area contributed by atoms with Crippen molar-refractivity contribution in [1.82, 2.24) is 0 Å². The van der Waals surface area contributed by atoms with Gasteiger partial charge in [-0.15, -0.1) is 0 Å². The van der Waals surface area contributed by atoms with E-state index in [9.17, 15) is 4.79 Å². The van der Waals surface area contributed by atoms with Gasteiger partial charge in [0.1, 0.15) is 0 Å². The Kier molecular flexibility index (Phi) is 10.4. The Bertz CT molecular complexity index is 104. The van der Waals surface area contributed by atoms with Gasteiger partial charge in [0.2, 0.25) is 0 Å². The fraction of sp³-hybridized carbons (Fsp3) is 0.875. The molecule has 0 rings (SSSR count). The van der Waals surface area contributed by atoms with Crippen LogP contribution in [-0.4, -0.2) is 11.1 Å². The number of aliphatic carboxylic acids is 1. The van der Waals surface area contributed by atoms with Gasteiger partial charge in [-0.3, -0.25) is 4.79 Å². The number of rotatable bonds is 5. The monoisotopic (exact) mass is 237 g/mol. The summed E-state index contributed by atoms with van der Waals surface area (Å²) in [5.74, 6) is -0.754. The van der Waals surface area contributed by atoms with E-state index >= 15 is 0 Å². The van der Waals surface area contributed by atoms with Crippen LogP contribution in [0.2, 0.25) is 0 Å². The number of carbonyl (C=O) groups is 1. The van der Waals surface area contributed by atoms with Crippen LogP contribution < -0.4 is 0 Å². The molecular weight excluding hydrogens is 221 g/mol. The van der Waals surface area contributed by atoms with Crippen molar-refractivity contribution in [3.05, 3.63) is 0 Å². The van der Waals surface area contributed by atoms with Crippen LogP contribution in [0.4, 0.5) is 0 Å². The van der Waals surface area contributed by atoms with Crippen molar-refractivity contribution in [1.29, 1.82) is 0 Å². The molecule has 0 aliphatic carbocycles. The van der Waals surface area contributed by atoms with E-state index in [-0.39, 0.29) is 28.3 Å². The molecule has 0 spiro atoms. The van der Waals surface area contributed by atoms with Gasteiger partial charge < -0.3 is 5.11 Å². The molecule has 2 nitrogen and oxygen atoms in total. The van der Waals surface area contributed by atoms with Crippen molar-refractivity contribution in [3.8, 4) is 0 Å². The summed E-state index contributed by atoms with van der Waals surface area (Å²) in [6.07, 6.45) is 3.71. The third-order valence-corrected chi connectivity index (χ3v) is 1.75. The van der Waals surface area contributed by atoms with Crippen molar-refractivity contribution in [2.24, 2.45) is 5.92 Å². The summed E-state index contributed by atoms with van der Waals surface area (Å²) in [5.41, 5.74) is 0. The molecule has 0 saturated heterocycles. The van der Waals surface area contributed by atoms with Crippen LogP contribution in [0.5, 0.6) is 0 Å². The van der Waals surface area contributed by atoms with Crippen molar-refractivity contribution >= 4 is 5.97 Å². The Balaban J connectivity index is 0. The summed E-state index contributed by atoms with van der Waals surface area (Å²) < 4.78 is 0. The molecule has 65 valence electrons. The molecule has 0 amide bonds. The Labute approximate surface area is 83.9 Å². The average Bonchev–Trinajstić information content (AvgIpc) is 1.89. The van der Waals surface area contributed by atoms with Crippen molar-refractivity contribution in [2.75, 3.05) is 0 Å². The summed E-state index contributed by atoms with van der Waals surface area (Å²) in [6.45, 7) is 4.00. The van der Waals surface area contributed by atoms with E-state index in [1.807, 2.05) is 6.92 Å². The molecule has 0 bridgehead atoms. The number of hydrogen-bond acceptors (Lipinski definition) is 1. The fourth-order valence-electron chi connectivity index (χ4n) is 0.953. The van der Waals surface area contributed by atoms with Crippen LogP contribution >= 0.6 is 0 Å². The quantitative estimate of drug-likeness (QED) is 0.745. The minimum Gasteiger partial charge on any atom is -0.481 e. The number of unbranched alkanes of at least 4 members (excludes halogenated alkanes) is 1. The Morgan fingerprint density at radius 2 is 2.00 bits per heavy atom. The second-order valence-electron chi connectivity index (χ2n) is 2.59. The topological polar surface area (TPSA) is 37.3 Å². The van der Waals surface area contributed by atoms with Gasteiger partial charge in [-0.25, -0.2) is 0 Å². The van der Waals surface area contributed by atoms with Gasteiger partial charge in [-0.1, -0.05) is 26.7 Å². The summed E-state index contributed by atoms with van der Waals surface area (Å²) in [4.78, 5) is 10.4. The van der Waals surface area contributed by atoms with Crippen LogP contribution in [0, 0.1) is 5.92 Å². The standard InChI is InChI=1S/C8H16O2.Nb/c1-3-5-6-7(4-2)8(9)10;/h7H,3-6H2,1-2H3,(H,9,10);. The molecule has 1 unspecified atom stereocenters. The van der Waals surface area contributed by atoms with Gasteiger partial charge in [-0.2, -0.15) is 0 Å². The molecule has 0 aliphatic rings. The van der Waals surface area contributed by atoms with Crippen LogP contribution in [0.1, 0.15) is 39.5 Å². The first-order chi connectivity index (χ1) is 4.72. The van der Waals surface area contributed by atoms with Gasteiger partial charge in [0, 0.05) is 22.4 Å². The van der Waals surface area contributed by atoms with E-state index in [2.05, 4.69) is 6.92 Å². The normalized spacial score (nSPS) is 11.8. The third-order valence-electron chi connectivity index (χ3n) is 1.75. The van der Waals surface area contributed by atoms with Gasteiger partial charge in [-0.05, 0) is 12.8 Å². The Morgan fingerprint density at radius 3 is 2.27 bits per heavy atom.